The van der Waals surface area contributed by atoms with Gasteiger partial charge in [-0.15, -0.1) is 0 Å². The number of carbonyl (C=O) groups is 1. The molecule has 2 aromatic heterocycles. The predicted molar refractivity (Wildman–Crippen MR) is 83.6 cm³/mol. The van der Waals surface area contributed by atoms with Crippen LogP contribution < -0.4 is 5.32 Å². The molecule has 21 heavy (non-hydrogen) atoms. The Kier molecular flexibility index (Phi) is 4.49. The van der Waals surface area contributed by atoms with Crippen LogP contribution in [-0.2, 0) is 5.60 Å². The highest BCUT2D eigenvalue weighted by atomic mass is 32.1. The molecular weight excluding hydrogens is 286 g/mol. The van der Waals surface area contributed by atoms with Crippen LogP contribution in [0.25, 0.3) is 0 Å². The summed E-state index contributed by atoms with van der Waals surface area (Å²) in [6.07, 6.45) is 0. The molecule has 6 heteroatoms. The quantitative estimate of drug-likeness (QED) is 0.794. The van der Waals surface area contributed by atoms with Crippen molar-refractivity contribution in [3.8, 4) is 0 Å². The lowest BCUT2D eigenvalue weighted by atomic mass is 9.98. The van der Waals surface area contributed by atoms with Gasteiger partial charge in [0, 0.05) is 5.69 Å². The van der Waals surface area contributed by atoms with Gasteiger partial charge in [0.1, 0.15) is 5.60 Å². The van der Waals surface area contributed by atoms with Gasteiger partial charge in [-0.25, -0.2) is 0 Å². The van der Waals surface area contributed by atoms with Crippen molar-refractivity contribution in [1.82, 2.24) is 15.5 Å². The standard InChI is InChI=1S/C15H21N3O2S/c1-9(2)13-12(10(3)17-18-13)14(19)16-8-15(4,20)11-5-6-21-7-11/h5-7,9,20H,8H2,1-4H3,(H,16,19)(H,17,18). The molecular formula is C15H21N3O2S. The summed E-state index contributed by atoms with van der Waals surface area (Å²) in [4.78, 5) is 12.4. The average Bonchev–Trinajstić information content (AvgIpc) is 3.05. The minimum atomic E-state index is -1.08. The fourth-order valence-electron chi connectivity index (χ4n) is 2.17. The van der Waals surface area contributed by atoms with Crippen molar-refractivity contribution in [1.29, 1.82) is 0 Å². The van der Waals surface area contributed by atoms with Crippen LogP contribution in [0.4, 0.5) is 0 Å². The summed E-state index contributed by atoms with van der Waals surface area (Å²) < 4.78 is 0. The summed E-state index contributed by atoms with van der Waals surface area (Å²) in [5.74, 6) is -0.0476. The topological polar surface area (TPSA) is 78.0 Å². The zero-order chi connectivity index (χ0) is 15.6. The van der Waals surface area contributed by atoms with Crippen molar-refractivity contribution in [2.75, 3.05) is 6.54 Å². The maximum absolute atomic E-state index is 12.4. The number of rotatable bonds is 5. The first-order valence-corrected chi connectivity index (χ1v) is 7.85. The van der Waals surface area contributed by atoms with Crippen molar-refractivity contribution in [3.63, 3.8) is 0 Å². The third-order valence-electron chi connectivity index (χ3n) is 3.49. The Bertz CT molecular complexity index is 615. The number of aromatic amines is 1. The Labute approximate surface area is 128 Å². The molecule has 0 saturated carbocycles. The maximum atomic E-state index is 12.4. The van der Waals surface area contributed by atoms with E-state index < -0.39 is 5.60 Å². The summed E-state index contributed by atoms with van der Waals surface area (Å²) in [6, 6.07) is 1.86. The Morgan fingerprint density at radius 3 is 2.86 bits per heavy atom. The van der Waals surface area contributed by atoms with E-state index in [4.69, 9.17) is 0 Å². The van der Waals surface area contributed by atoms with E-state index in [0.717, 1.165) is 17.0 Å². The molecule has 1 atom stereocenters. The van der Waals surface area contributed by atoms with E-state index in [2.05, 4.69) is 15.5 Å². The van der Waals surface area contributed by atoms with Crippen LogP contribution >= 0.6 is 11.3 Å². The molecule has 5 nitrogen and oxygen atoms in total. The Balaban J connectivity index is 2.11. The van der Waals surface area contributed by atoms with E-state index in [1.165, 1.54) is 11.3 Å². The van der Waals surface area contributed by atoms with Gasteiger partial charge in [0.2, 0.25) is 0 Å². The number of nitrogens with one attached hydrogen (secondary N) is 2. The van der Waals surface area contributed by atoms with Crippen molar-refractivity contribution in [2.45, 2.75) is 39.2 Å². The first-order chi connectivity index (χ1) is 9.83. The predicted octanol–water partition coefficient (Wildman–Crippen LogP) is 2.54. The van der Waals surface area contributed by atoms with Gasteiger partial charge in [0.05, 0.1) is 17.8 Å². The minimum Gasteiger partial charge on any atom is -0.384 e. The number of aromatic nitrogens is 2. The summed E-state index contributed by atoms with van der Waals surface area (Å²) in [7, 11) is 0. The molecule has 0 radical (unpaired) electrons. The number of thiophene rings is 1. The van der Waals surface area contributed by atoms with Crippen LogP contribution in [0.5, 0.6) is 0 Å². The highest BCUT2D eigenvalue weighted by molar-refractivity contribution is 7.08. The van der Waals surface area contributed by atoms with Crippen molar-refractivity contribution >= 4 is 17.2 Å². The first-order valence-electron chi connectivity index (χ1n) is 6.91. The van der Waals surface area contributed by atoms with E-state index in [1.54, 1.807) is 6.92 Å². The van der Waals surface area contributed by atoms with Crippen LogP contribution in [0, 0.1) is 6.92 Å². The highest BCUT2D eigenvalue weighted by Gasteiger charge is 2.26. The minimum absolute atomic E-state index is 0.157. The van der Waals surface area contributed by atoms with Gasteiger partial charge in [0.15, 0.2) is 0 Å². The second-order valence-electron chi connectivity index (χ2n) is 5.73. The third kappa shape index (κ3) is 3.33. The van der Waals surface area contributed by atoms with Gasteiger partial charge >= 0.3 is 0 Å². The zero-order valence-corrected chi connectivity index (χ0v) is 13.5. The maximum Gasteiger partial charge on any atom is 0.255 e. The zero-order valence-electron chi connectivity index (χ0n) is 12.7. The molecule has 2 rings (SSSR count). The van der Waals surface area contributed by atoms with E-state index in [-0.39, 0.29) is 18.4 Å². The highest BCUT2D eigenvalue weighted by Crippen LogP contribution is 2.23. The molecule has 1 unspecified atom stereocenters. The molecule has 3 N–H and O–H groups in total. The smallest absolute Gasteiger partial charge is 0.255 e. The fourth-order valence-corrected chi connectivity index (χ4v) is 2.95. The molecule has 0 aromatic carbocycles. The molecule has 0 aliphatic rings. The average molecular weight is 307 g/mol. The molecule has 0 saturated heterocycles. The number of hydrogen-bond acceptors (Lipinski definition) is 4. The molecule has 0 fully saturated rings. The number of aryl methyl sites for hydroxylation is 1. The third-order valence-corrected chi connectivity index (χ3v) is 4.17. The summed E-state index contributed by atoms with van der Waals surface area (Å²) in [5, 5.41) is 24.1. The molecule has 2 heterocycles. The number of carbonyl (C=O) groups excluding carboxylic acids is 1. The second kappa shape index (κ2) is 5.99. The fraction of sp³-hybridized carbons (Fsp3) is 0.467. The van der Waals surface area contributed by atoms with Crippen molar-refractivity contribution in [2.24, 2.45) is 0 Å². The summed E-state index contributed by atoms with van der Waals surface area (Å²) >= 11 is 1.52. The lowest BCUT2D eigenvalue weighted by molar-refractivity contribution is 0.0529. The largest absolute Gasteiger partial charge is 0.384 e. The molecule has 1 amide bonds. The number of amides is 1. The van der Waals surface area contributed by atoms with E-state index in [9.17, 15) is 9.90 Å². The van der Waals surface area contributed by atoms with E-state index in [0.29, 0.717) is 5.56 Å². The molecule has 0 spiro atoms. The normalized spacial score (nSPS) is 14.2. The number of aliphatic hydroxyl groups is 1. The molecule has 0 bridgehead atoms. The molecule has 114 valence electrons. The van der Waals surface area contributed by atoms with Gasteiger partial charge in [0.25, 0.3) is 5.91 Å². The van der Waals surface area contributed by atoms with E-state index >= 15 is 0 Å². The SMILES string of the molecule is Cc1[nH]nc(C(C)C)c1C(=O)NCC(C)(O)c1ccsc1. The van der Waals surface area contributed by atoms with Gasteiger partial charge in [-0.05, 0) is 42.2 Å². The monoisotopic (exact) mass is 307 g/mol. The number of H-pyrrole nitrogens is 1. The first kappa shape index (κ1) is 15.7. The number of hydrogen-bond donors (Lipinski definition) is 3. The summed E-state index contributed by atoms with van der Waals surface area (Å²) in [6.45, 7) is 7.66. The van der Waals surface area contributed by atoms with Crippen LogP contribution in [-0.4, -0.2) is 27.8 Å². The molecule has 2 aromatic rings. The Hall–Kier alpha value is -1.66. The Morgan fingerprint density at radius 2 is 2.29 bits per heavy atom. The molecule has 0 aliphatic carbocycles. The van der Waals surface area contributed by atoms with Gasteiger partial charge in [-0.1, -0.05) is 13.8 Å². The second-order valence-corrected chi connectivity index (χ2v) is 6.51. The van der Waals surface area contributed by atoms with Crippen molar-refractivity contribution < 1.29 is 9.90 Å². The van der Waals surface area contributed by atoms with E-state index in [1.807, 2.05) is 37.6 Å². The lowest BCUT2D eigenvalue weighted by Crippen LogP contribution is -2.38. The summed E-state index contributed by atoms with van der Waals surface area (Å²) in [5.41, 5.74) is 1.80. The van der Waals surface area contributed by atoms with Crippen LogP contribution in [0.2, 0.25) is 0 Å². The van der Waals surface area contributed by atoms with Gasteiger partial charge in [-0.3, -0.25) is 9.89 Å². The molecule has 0 aliphatic heterocycles. The van der Waals surface area contributed by atoms with Gasteiger partial charge < -0.3 is 10.4 Å². The van der Waals surface area contributed by atoms with Crippen molar-refractivity contribution in [3.05, 3.63) is 39.3 Å². The van der Waals surface area contributed by atoms with Gasteiger partial charge in [-0.2, -0.15) is 16.4 Å². The van der Waals surface area contributed by atoms with Crippen LogP contribution in [0.3, 0.4) is 0 Å². The van der Waals surface area contributed by atoms with Crippen LogP contribution in [0.1, 0.15) is 54.0 Å². The Morgan fingerprint density at radius 1 is 1.57 bits per heavy atom. The van der Waals surface area contributed by atoms with Crippen LogP contribution in [0.15, 0.2) is 16.8 Å². The number of nitrogens with zero attached hydrogens (tertiary/aromatic N) is 1. The lowest BCUT2D eigenvalue weighted by Gasteiger charge is -2.23.